The minimum absolute atomic E-state index is 0.0131. The Hall–Kier alpha value is -4.39. The summed E-state index contributed by atoms with van der Waals surface area (Å²) in [4.78, 5) is 34.1. The second-order valence-corrected chi connectivity index (χ2v) is 8.81. The van der Waals surface area contributed by atoms with Crippen LogP contribution in [0.25, 0.3) is 22.2 Å². The molecule has 7 nitrogen and oxygen atoms in total. The molecule has 0 unspecified atom stereocenters. The first kappa shape index (κ1) is 23.4. The van der Waals surface area contributed by atoms with Crippen molar-refractivity contribution in [2.75, 3.05) is 43.5 Å². The summed E-state index contributed by atoms with van der Waals surface area (Å²) in [5.74, 6) is 0.725. The van der Waals surface area contributed by atoms with Crippen molar-refractivity contribution in [1.82, 2.24) is 9.88 Å². The second kappa shape index (κ2) is 10.1. The molecule has 1 saturated heterocycles. The Morgan fingerprint density at radius 1 is 0.889 bits per heavy atom. The van der Waals surface area contributed by atoms with Gasteiger partial charge in [-0.05, 0) is 48.5 Å². The molecule has 1 N–H and O–H groups in total. The van der Waals surface area contributed by atoms with Gasteiger partial charge in [-0.15, -0.1) is 0 Å². The first-order valence-corrected chi connectivity index (χ1v) is 12.0. The van der Waals surface area contributed by atoms with Crippen LogP contribution < -0.4 is 15.0 Å². The number of aromatic nitrogens is 1. The van der Waals surface area contributed by atoms with Crippen molar-refractivity contribution in [3.63, 3.8) is 0 Å². The zero-order valence-electron chi connectivity index (χ0n) is 20.4. The summed E-state index contributed by atoms with van der Waals surface area (Å²) in [6.07, 6.45) is 0. The van der Waals surface area contributed by atoms with E-state index < -0.39 is 0 Å². The lowest BCUT2D eigenvalue weighted by atomic mass is 10.0. The molecule has 36 heavy (non-hydrogen) atoms. The van der Waals surface area contributed by atoms with Gasteiger partial charge in [-0.1, -0.05) is 30.3 Å². The zero-order valence-corrected chi connectivity index (χ0v) is 20.4. The number of nitrogens with one attached hydrogen (secondary N) is 1. The van der Waals surface area contributed by atoms with Crippen LogP contribution in [0.4, 0.5) is 11.4 Å². The van der Waals surface area contributed by atoms with Crippen LogP contribution in [0, 0.1) is 0 Å². The Kier molecular flexibility index (Phi) is 6.54. The number of methoxy groups -OCH3 is 1. The lowest BCUT2D eigenvalue weighted by molar-refractivity contribution is -0.114. The maximum absolute atomic E-state index is 13.7. The zero-order chi connectivity index (χ0) is 25.1. The lowest BCUT2D eigenvalue weighted by Gasteiger charge is -2.36. The highest BCUT2D eigenvalue weighted by Gasteiger charge is 2.24. The quantitative estimate of drug-likeness (QED) is 0.443. The predicted molar refractivity (Wildman–Crippen MR) is 143 cm³/mol. The third kappa shape index (κ3) is 4.86. The Morgan fingerprint density at radius 3 is 2.25 bits per heavy atom. The molecule has 182 valence electrons. The van der Waals surface area contributed by atoms with Gasteiger partial charge in [0.1, 0.15) is 5.75 Å². The molecule has 3 aromatic carbocycles. The normalized spacial score (nSPS) is 13.5. The molecule has 7 heteroatoms. The summed E-state index contributed by atoms with van der Waals surface area (Å²) in [7, 11) is 1.66. The molecule has 2 amide bonds. The molecule has 2 heterocycles. The van der Waals surface area contributed by atoms with Crippen molar-refractivity contribution in [2.45, 2.75) is 6.92 Å². The van der Waals surface area contributed by atoms with Crippen molar-refractivity contribution in [1.29, 1.82) is 0 Å². The highest BCUT2D eigenvalue weighted by molar-refractivity contribution is 6.07. The average molecular weight is 481 g/mol. The van der Waals surface area contributed by atoms with Gasteiger partial charge in [0.25, 0.3) is 5.91 Å². The molecule has 5 rings (SSSR count). The van der Waals surface area contributed by atoms with Crippen LogP contribution in [0.1, 0.15) is 17.3 Å². The number of amides is 2. The molecule has 1 aliphatic rings. The largest absolute Gasteiger partial charge is 0.497 e. The Balaban J connectivity index is 1.39. The Bertz CT molecular complexity index is 1390. The maximum atomic E-state index is 13.7. The number of carbonyl (C=O) groups excluding carboxylic acids is 2. The minimum Gasteiger partial charge on any atom is -0.497 e. The van der Waals surface area contributed by atoms with Crippen LogP contribution in [-0.2, 0) is 4.79 Å². The molecule has 0 radical (unpaired) electrons. The summed E-state index contributed by atoms with van der Waals surface area (Å²) in [6, 6.07) is 25.1. The molecule has 0 bridgehead atoms. The SMILES string of the molecule is COc1ccc(N2CCN(C(=O)c3cc(-c4ccc(NC(C)=O)cc4)nc4ccccc34)CC2)cc1. The standard InChI is InChI=1S/C29H28N4O3/c1-20(34)30-22-9-7-21(8-10-22)28-19-26(25-5-3-4-6-27(25)31-28)29(35)33-17-15-32(16-18-33)23-11-13-24(36-2)14-12-23/h3-14,19H,15-18H2,1-2H3,(H,30,34). The van der Waals surface area contributed by atoms with Crippen molar-refractivity contribution in [3.05, 3.63) is 84.4 Å². The molecule has 1 fully saturated rings. The van der Waals surface area contributed by atoms with E-state index in [2.05, 4.69) is 22.3 Å². The summed E-state index contributed by atoms with van der Waals surface area (Å²) in [5.41, 5.74) is 4.89. The van der Waals surface area contributed by atoms with Crippen LogP contribution in [0.15, 0.2) is 78.9 Å². The van der Waals surface area contributed by atoms with Crippen molar-refractivity contribution in [3.8, 4) is 17.0 Å². The number of hydrogen-bond acceptors (Lipinski definition) is 5. The van der Waals surface area contributed by atoms with Gasteiger partial charge in [0.15, 0.2) is 0 Å². The van der Waals surface area contributed by atoms with Gasteiger partial charge in [-0.3, -0.25) is 9.59 Å². The van der Waals surface area contributed by atoms with Crippen LogP contribution in [0.3, 0.4) is 0 Å². The molecule has 0 saturated carbocycles. The number of carbonyl (C=O) groups is 2. The van der Waals surface area contributed by atoms with Crippen LogP contribution in [-0.4, -0.2) is 55.0 Å². The smallest absolute Gasteiger partial charge is 0.254 e. The van der Waals surface area contributed by atoms with Gasteiger partial charge in [0.05, 0.1) is 23.9 Å². The van der Waals surface area contributed by atoms with Gasteiger partial charge in [-0.25, -0.2) is 4.98 Å². The van der Waals surface area contributed by atoms with E-state index in [0.29, 0.717) is 18.7 Å². The maximum Gasteiger partial charge on any atom is 0.254 e. The second-order valence-electron chi connectivity index (χ2n) is 8.81. The van der Waals surface area contributed by atoms with Gasteiger partial charge >= 0.3 is 0 Å². The van der Waals surface area contributed by atoms with E-state index in [1.807, 2.05) is 71.6 Å². The van der Waals surface area contributed by atoms with Gasteiger partial charge in [-0.2, -0.15) is 0 Å². The van der Waals surface area contributed by atoms with Crippen LogP contribution in [0.5, 0.6) is 5.75 Å². The third-order valence-corrected chi connectivity index (χ3v) is 6.45. The molecule has 1 aromatic heterocycles. The molecule has 0 spiro atoms. The summed E-state index contributed by atoms with van der Waals surface area (Å²) < 4.78 is 5.26. The third-order valence-electron chi connectivity index (χ3n) is 6.45. The number of rotatable bonds is 5. The predicted octanol–water partition coefficient (Wildman–Crippen LogP) is 4.83. The van der Waals surface area contributed by atoms with E-state index in [9.17, 15) is 9.59 Å². The van der Waals surface area contributed by atoms with Gasteiger partial charge in [0.2, 0.25) is 5.91 Å². The van der Waals surface area contributed by atoms with E-state index >= 15 is 0 Å². The number of nitrogens with zero attached hydrogens (tertiary/aromatic N) is 3. The fourth-order valence-corrected chi connectivity index (χ4v) is 4.56. The highest BCUT2D eigenvalue weighted by atomic mass is 16.5. The van der Waals surface area contributed by atoms with Crippen molar-refractivity contribution >= 4 is 34.1 Å². The number of piperazine rings is 1. The summed E-state index contributed by atoms with van der Waals surface area (Å²) in [5, 5.41) is 3.62. The number of hydrogen-bond donors (Lipinski definition) is 1. The lowest BCUT2D eigenvalue weighted by Crippen LogP contribution is -2.48. The molecular formula is C29H28N4O3. The Morgan fingerprint density at radius 2 is 1.58 bits per heavy atom. The topological polar surface area (TPSA) is 74.8 Å². The molecule has 0 aliphatic carbocycles. The van der Waals surface area contributed by atoms with Crippen LogP contribution >= 0.6 is 0 Å². The number of para-hydroxylation sites is 1. The van der Waals surface area contributed by atoms with Crippen molar-refractivity contribution in [2.24, 2.45) is 0 Å². The number of pyridine rings is 1. The van der Waals surface area contributed by atoms with E-state index in [0.717, 1.165) is 52.4 Å². The van der Waals surface area contributed by atoms with Crippen molar-refractivity contribution < 1.29 is 14.3 Å². The van der Waals surface area contributed by atoms with Crippen LogP contribution in [0.2, 0.25) is 0 Å². The Labute approximate surface area is 210 Å². The summed E-state index contributed by atoms with van der Waals surface area (Å²) >= 11 is 0. The molecule has 4 aromatic rings. The summed E-state index contributed by atoms with van der Waals surface area (Å²) in [6.45, 7) is 4.29. The van der Waals surface area contributed by atoms with Gasteiger partial charge < -0.3 is 19.9 Å². The average Bonchev–Trinajstić information content (AvgIpc) is 2.92. The fraction of sp³-hybridized carbons (Fsp3) is 0.207. The van der Waals surface area contributed by atoms with E-state index in [-0.39, 0.29) is 11.8 Å². The van der Waals surface area contributed by atoms with E-state index in [1.54, 1.807) is 7.11 Å². The molecular weight excluding hydrogens is 452 g/mol. The van der Waals surface area contributed by atoms with E-state index in [1.165, 1.54) is 6.92 Å². The number of ether oxygens (including phenoxy) is 1. The minimum atomic E-state index is -0.119. The highest BCUT2D eigenvalue weighted by Crippen LogP contribution is 2.28. The first-order valence-electron chi connectivity index (χ1n) is 12.0. The number of benzene rings is 3. The first-order chi connectivity index (χ1) is 17.5. The molecule has 0 atom stereocenters. The number of fused-ring (bicyclic) bond motifs is 1. The van der Waals surface area contributed by atoms with E-state index in [4.69, 9.17) is 9.72 Å². The molecule has 1 aliphatic heterocycles. The monoisotopic (exact) mass is 480 g/mol. The van der Waals surface area contributed by atoms with Gasteiger partial charge in [0, 0.05) is 55.4 Å². The fourth-order valence-electron chi connectivity index (χ4n) is 4.56. The number of anilines is 2.